The molecule has 33 heavy (non-hydrogen) atoms. The minimum Gasteiger partial charge on any atom is -0.507 e. The molecule has 0 bridgehead atoms. The van der Waals surface area contributed by atoms with Crippen LogP contribution in [0.4, 0.5) is 0 Å². The molecule has 1 aromatic rings. The number of hydrogen-bond donors (Lipinski definition) is 5. The zero-order valence-electron chi connectivity index (χ0n) is 19.0. The van der Waals surface area contributed by atoms with Gasteiger partial charge in [0.25, 0.3) is 0 Å². The highest BCUT2D eigenvalue weighted by atomic mass is 32.3. The Morgan fingerprint density at radius 1 is 1.18 bits per heavy atom. The van der Waals surface area contributed by atoms with E-state index in [1.54, 1.807) is 0 Å². The lowest BCUT2D eigenvalue weighted by molar-refractivity contribution is -0.174. The number of phenolic OH excluding ortho intramolecular Hbond substituents is 1. The number of nitrogens with two attached hydrogens (primary N) is 1. The van der Waals surface area contributed by atoms with Crippen molar-refractivity contribution >= 4 is 33.3 Å². The first kappa shape index (κ1) is 23.8. The number of rotatable bonds is 4. The standard InChI is InChI=1S/C24H31NO7S/c1-33(2,3)7-6-11-4-5-15(26)18-14(11)9-12-8-13-10-16(27)19(23(25)31)22(30)24(13,32)21(29)17(12)20(18)28/h4-5,12-13,16,19,26-28,32H,6-10H2,1-3H3,(H2,25,31)/t12-,13+,16?,19?,24+/m1/s1. The van der Waals surface area contributed by atoms with Gasteiger partial charge in [0.2, 0.25) is 11.7 Å². The zero-order chi connectivity index (χ0) is 24.5. The van der Waals surface area contributed by atoms with Crippen LogP contribution in [0.25, 0.3) is 5.76 Å². The van der Waals surface area contributed by atoms with Gasteiger partial charge in [-0.2, -0.15) is 0 Å². The fraction of sp³-hybridized carbons (Fsp3) is 0.542. The average Bonchev–Trinajstić information content (AvgIpc) is 2.69. The smallest absolute Gasteiger partial charge is 0.230 e. The second-order valence-electron chi connectivity index (χ2n) is 10.4. The van der Waals surface area contributed by atoms with Crippen LogP contribution in [0, 0.1) is 17.8 Å². The minimum absolute atomic E-state index is 0.108. The molecule has 180 valence electrons. The van der Waals surface area contributed by atoms with Gasteiger partial charge in [-0.1, -0.05) is 6.07 Å². The van der Waals surface area contributed by atoms with E-state index in [0.29, 0.717) is 6.42 Å². The van der Waals surface area contributed by atoms with Gasteiger partial charge in [0, 0.05) is 11.5 Å². The summed E-state index contributed by atoms with van der Waals surface area (Å²) in [5.41, 5.74) is 4.51. The van der Waals surface area contributed by atoms with Crippen LogP contribution in [-0.4, -0.2) is 74.1 Å². The van der Waals surface area contributed by atoms with E-state index < -0.39 is 62.7 Å². The summed E-state index contributed by atoms with van der Waals surface area (Å²) >= 11 is 0. The highest BCUT2D eigenvalue weighted by Crippen LogP contribution is 2.52. The quantitative estimate of drug-likeness (QED) is 0.402. The van der Waals surface area contributed by atoms with E-state index in [-0.39, 0.29) is 29.7 Å². The van der Waals surface area contributed by atoms with Crippen molar-refractivity contribution in [3.63, 3.8) is 0 Å². The first-order valence-electron chi connectivity index (χ1n) is 11.0. The second-order valence-corrected chi connectivity index (χ2v) is 15.0. The number of fused-ring (bicyclic) bond motifs is 3. The molecule has 3 aliphatic carbocycles. The van der Waals surface area contributed by atoms with E-state index in [2.05, 4.69) is 18.8 Å². The lowest BCUT2D eigenvalue weighted by Crippen LogP contribution is -2.66. The lowest BCUT2D eigenvalue weighted by atomic mass is 9.56. The maximum atomic E-state index is 13.5. The van der Waals surface area contributed by atoms with Crippen LogP contribution in [0.1, 0.15) is 29.5 Å². The van der Waals surface area contributed by atoms with Crippen LogP contribution >= 0.6 is 10.0 Å². The molecule has 0 saturated heterocycles. The fourth-order valence-electron chi connectivity index (χ4n) is 5.64. The topological polar surface area (TPSA) is 158 Å². The maximum Gasteiger partial charge on any atom is 0.230 e. The molecule has 6 N–H and O–H groups in total. The number of aliphatic hydroxyl groups is 3. The van der Waals surface area contributed by atoms with Crippen LogP contribution in [0.5, 0.6) is 5.75 Å². The highest BCUT2D eigenvalue weighted by molar-refractivity contribution is 8.32. The number of ketones is 2. The van der Waals surface area contributed by atoms with Gasteiger partial charge in [-0.3, -0.25) is 14.4 Å². The number of aryl methyl sites for hydroxylation is 1. The Morgan fingerprint density at radius 2 is 1.85 bits per heavy atom. The van der Waals surface area contributed by atoms with Crippen LogP contribution < -0.4 is 5.73 Å². The molecular formula is C24H31NO7S. The summed E-state index contributed by atoms with van der Waals surface area (Å²) in [7, 11) is -0.780. The third-order valence-electron chi connectivity index (χ3n) is 7.35. The summed E-state index contributed by atoms with van der Waals surface area (Å²) in [4.78, 5) is 38.2. The molecule has 2 unspecified atom stereocenters. The predicted octanol–water partition coefficient (Wildman–Crippen LogP) is 0.825. The van der Waals surface area contributed by atoms with Crippen LogP contribution in [-0.2, 0) is 27.2 Å². The molecule has 9 heteroatoms. The number of phenols is 1. The van der Waals surface area contributed by atoms with Gasteiger partial charge in [-0.15, -0.1) is 0 Å². The third-order valence-corrected chi connectivity index (χ3v) is 8.78. The monoisotopic (exact) mass is 477 g/mol. The molecule has 0 heterocycles. The molecule has 2 saturated carbocycles. The number of carbonyl (C=O) groups excluding carboxylic acids is 3. The molecule has 0 radical (unpaired) electrons. The predicted molar refractivity (Wildman–Crippen MR) is 125 cm³/mol. The number of hydrogen-bond acceptors (Lipinski definition) is 7. The first-order chi connectivity index (χ1) is 15.3. The van der Waals surface area contributed by atoms with Crippen molar-refractivity contribution in [3.05, 3.63) is 34.4 Å². The zero-order valence-corrected chi connectivity index (χ0v) is 19.8. The van der Waals surface area contributed by atoms with Gasteiger partial charge >= 0.3 is 0 Å². The summed E-state index contributed by atoms with van der Waals surface area (Å²) in [6.07, 6.45) is 6.42. The Balaban J connectivity index is 1.81. The number of amides is 1. The van der Waals surface area contributed by atoms with Crippen molar-refractivity contribution in [3.8, 4) is 5.75 Å². The van der Waals surface area contributed by atoms with Crippen molar-refractivity contribution in [2.45, 2.75) is 37.4 Å². The van der Waals surface area contributed by atoms with Gasteiger partial charge < -0.3 is 26.2 Å². The molecule has 2 fully saturated rings. The molecule has 1 aromatic carbocycles. The minimum atomic E-state index is -2.54. The van der Waals surface area contributed by atoms with Crippen molar-refractivity contribution in [1.82, 2.24) is 0 Å². The number of carbonyl (C=O) groups is 3. The average molecular weight is 478 g/mol. The number of aromatic hydroxyl groups is 1. The molecule has 4 rings (SSSR count). The molecule has 0 aliphatic heterocycles. The molecular weight excluding hydrogens is 446 g/mol. The van der Waals surface area contributed by atoms with E-state index >= 15 is 0 Å². The fourth-order valence-corrected chi connectivity index (χ4v) is 6.47. The molecule has 8 nitrogen and oxygen atoms in total. The number of benzene rings is 1. The number of aliphatic hydroxyl groups excluding tert-OH is 2. The second kappa shape index (κ2) is 7.85. The van der Waals surface area contributed by atoms with E-state index in [4.69, 9.17) is 5.73 Å². The Hall–Kier alpha value is -2.36. The molecule has 0 spiro atoms. The van der Waals surface area contributed by atoms with Crippen LogP contribution in [0.2, 0.25) is 0 Å². The summed E-state index contributed by atoms with van der Waals surface area (Å²) in [5, 5.41) is 43.2. The van der Waals surface area contributed by atoms with Crippen LogP contribution in [0.15, 0.2) is 17.7 Å². The van der Waals surface area contributed by atoms with Crippen molar-refractivity contribution in [1.29, 1.82) is 0 Å². The number of primary amides is 1. The SMILES string of the molecule is CS(C)(C)CCc1ccc(O)c2c1C[C@H]1C[C@H]3CC(O)C(C(N)=O)C(=O)[C@@]3(O)C(=O)C1=C2O. The summed E-state index contributed by atoms with van der Waals surface area (Å²) in [6, 6.07) is 3.32. The first-order valence-corrected chi connectivity index (χ1v) is 14.0. The molecule has 0 aromatic heterocycles. The van der Waals surface area contributed by atoms with Crippen molar-refractivity contribution < 1.29 is 34.8 Å². The van der Waals surface area contributed by atoms with Gasteiger partial charge in [-0.05, 0) is 73.3 Å². The Morgan fingerprint density at radius 3 is 2.45 bits per heavy atom. The Kier molecular flexibility index (Phi) is 5.66. The van der Waals surface area contributed by atoms with Gasteiger partial charge in [0.15, 0.2) is 11.4 Å². The molecule has 1 amide bonds. The molecule has 3 aliphatic rings. The van der Waals surface area contributed by atoms with Crippen molar-refractivity contribution in [2.24, 2.45) is 23.5 Å². The molecule has 5 atom stereocenters. The van der Waals surface area contributed by atoms with Gasteiger partial charge in [0.05, 0.1) is 11.7 Å². The lowest BCUT2D eigenvalue weighted by Gasteiger charge is -2.48. The van der Waals surface area contributed by atoms with E-state index in [9.17, 15) is 34.8 Å². The van der Waals surface area contributed by atoms with Gasteiger partial charge in [0.1, 0.15) is 17.4 Å². The Labute approximate surface area is 193 Å². The summed E-state index contributed by atoms with van der Waals surface area (Å²) in [5.74, 6) is -5.93. The van der Waals surface area contributed by atoms with E-state index in [0.717, 1.165) is 23.3 Å². The largest absolute Gasteiger partial charge is 0.507 e. The Bertz CT molecular complexity index is 1090. The summed E-state index contributed by atoms with van der Waals surface area (Å²) in [6.45, 7) is 0. The maximum absolute atomic E-state index is 13.5. The van der Waals surface area contributed by atoms with E-state index in [1.165, 1.54) is 6.07 Å². The summed E-state index contributed by atoms with van der Waals surface area (Å²) < 4.78 is 0. The normalized spacial score (nSPS) is 32.2. The van der Waals surface area contributed by atoms with E-state index in [1.807, 2.05) is 6.07 Å². The van der Waals surface area contributed by atoms with Gasteiger partial charge in [-0.25, -0.2) is 10.0 Å². The highest BCUT2D eigenvalue weighted by Gasteiger charge is 2.63. The number of Topliss-reactive ketones (excluding diaryl/α,β-unsaturated/α-hetero) is 2. The van der Waals surface area contributed by atoms with Crippen LogP contribution in [0.3, 0.4) is 0 Å². The van der Waals surface area contributed by atoms with Crippen molar-refractivity contribution in [2.75, 3.05) is 24.5 Å². The third kappa shape index (κ3) is 3.66.